The lowest BCUT2D eigenvalue weighted by atomic mass is 10.0. The molecule has 4 heterocycles. The van der Waals surface area contributed by atoms with Crippen molar-refractivity contribution in [3.8, 4) is 22.9 Å². The SMILES string of the molecule is c1ccc(-c2nc(-n3c4ccc5c6ccccc6oc5c4c4c3ccc3c5ccccc5n(-c5cccc6ccccc56)c34)nc3ccccc23)cc1. The predicted octanol–water partition coefficient (Wildman–Crippen LogP) is 12.5. The van der Waals surface area contributed by atoms with Crippen LogP contribution in [-0.4, -0.2) is 19.1 Å². The minimum Gasteiger partial charge on any atom is -0.455 e. The highest BCUT2D eigenvalue weighted by Gasteiger charge is 2.26. The molecule has 5 heteroatoms. The number of aromatic nitrogens is 4. The van der Waals surface area contributed by atoms with Crippen LogP contribution in [0.1, 0.15) is 0 Å². The molecule has 0 unspecified atom stereocenters. The van der Waals surface area contributed by atoms with Gasteiger partial charge in [0, 0.05) is 43.3 Å². The number of fused-ring (bicyclic) bond motifs is 13. The minimum absolute atomic E-state index is 0.616. The van der Waals surface area contributed by atoms with E-state index in [-0.39, 0.29) is 0 Å². The molecule has 12 rings (SSSR count). The highest BCUT2D eigenvalue weighted by molar-refractivity contribution is 6.32. The Labute approximate surface area is 302 Å². The van der Waals surface area contributed by atoms with E-state index in [1.54, 1.807) is 0 Å². The molecule has 0 spiro atoms. The van der Waals surface area contributed by atoms with Crippen LogP contribution in [0.15, 0.2) is 174 Å². The summed E-state index contributed by atoms with van der Waals surface area (Å²) in [5.74, 6) is 0.616. The third-order valence-corrected chi connectivity index (χ3v) is 10.9. The maximum Gasteiger partial charge on any atom is 0.235 e. The van der Waals surface area contributed by atoms with Crippen molar-refractivity contribution >= 4 is 87.2 Å². The lowest BCUT2D eigenvalue weighted by Crippen LogP contribution is -2.03. The molecule has 53 heavy (non-hydrogen) atoms. The molecule has 0 saturated heterocycles. The summed E-state index contributed by atoms with van der Waals surface area (Å²) in [4.78, 5) is 10.7. The number of para-hydroxylation sites is 3. The van der Waals surface area contributed by atoms with Gasteiger partial charge in [0.05, 0.1) is 44.4 Å². The molecule has 246 valence electrons. The zero-order valence-corrected chi connectivity index (χ0v) is 28.4. The first-order valence-electron chi connectivity index (χ1n) is 17.9. The molecule has 0 fully saturated rings. The van der Waals surface area contributed by atoms with Crippen molar-refractivity contribution in [2.24, 2.45) is 0 Å². The fraction of sp³-hybridized carbons (Fsp3) is 0. The van der Waals surface area contributed by atoms with E-state index in [0.29, 0.717) is 5.95 Å². The Kier molecular flexibility index (Phi) is 5.71. The summed E-state index contributed by atoms with van der Waals surface area (Å²) in [6, 6.07) is 59.9. The van der Waals surface area contributed by atoms with Crippen LogP contribution in [0.2, 0.25) is 0 Å². The zero-order valence-electron chi connectivity index (χ0n) is 28.4. The summed E-state index contributed by atoms with van der Waals surface area (Å²) in [6.07, 6.45) is 0. The van der Waals surface area contributed by atoms with Gasteiger partial charge in [-0.25, -0.2) is 9.97 Å². The predicted molar refractivity (Wildman–Crippen MR) is 218 cm³/mol. The maximum atomic E-state index is 6.86. The molecule has 8 aromatic carbocycles. The van der Waals surface area contributed by atoms with Gasteiger partial charge in [0.1, 0.15) is 11.2 Å². The van der Waals surface area contributed by atoms with Gasteiger partial charge in [-0.05, 0) is 47.9 Å². The number of rotatable bonds is 3. The standard InChI is InChI=1S/C48H28N4O/c1-2-14-30(15-3-1)45-36-20-6-9-21-37(36)49-48(50-45)52-40-27-25-34-32-18-7-10-22-39(32)51(38-23-12-16-29-13-4-5-17-31(29)38)46(34)43(40)44-41(52)28-26-35-33-19-8-11-24-42(33)53-47(35)44/h1-28H. The van der Waals surface area contributed by atoms with Gasteiger partial charge >= 0.3 is 0 Å². The molecule has 5 nitrogen and oxygen atoms in total. The van der Waals surface area contributed by atoms with E-state index in [9.17, 15) is 0 Å². The largest absolute Gasteiger partial charge is 0.455 e. The van der Waals surface area contributed by atoms with Crippen molar-refractivity contribution in [1.82, 2.24) is 19.1 Å². The lowest BCUT2D eigenvalue weighted by molar-refractivity contribution is 0.673. The number of hydrogen-bond acceptors (Lipinski definition) is 3. The Balaban J connectivity index is 1.32. The van der Waals surface area contributed by atoms with E-state index in [0.717, 1.165) is 82.6 Å². The van der Waals surface area contributed by atoms with Gasteiger partial charge < -0.3 is 8.98 Å². The van der Waals surface area contributed by atoms with Gasteiger partial charge in [0.15, 0.2) is 0 Å². The summed E-state index contributed by atoms with van der Waals surface area (Å²) in [5.41, 5.74) is 9.98. The van der Waals surface area contributed by atoms with E-state index in [4.69, 9.17) is 14.4 Å². The summed E-state index contributed by atoms with van der Waals surface area (Å²) in [7, 11) is 0. The molecule has 0 bridgehead atoms. The summed E-state index contributed by atoms with van der Waals surface area (Å²) in [6.45, 7) is 0. The van der Waals surface area contributed by atoms with Crippen LogP contribution in [-0.2, 0) is 0 Å². The Morgan fingerprint density at radius 3 is 1.98 bits per heavy atom. The number of furan rings is 1. The molecule has 0 atom stereocenters. The topological polar surface area (TPSA) is 48.8 Å². The van der Waals surface area contributed by atoms with Crippen LogP contribution < -0.4 is 0 Å². The van der Waals surface area contributed by atoms with Gasteiger partial charge in [0.25, 0.3) is 0 Å². The van der Waals surface area contributed by atoms with Crippen molar-refractivity contribution in [3.05, 3.63) is 170 Å². The Hall–Kier alpha value is -7.24. The number of nitrogens with zero attached hydrogens (tertiary/aromatic N) is 4. The van der Waals surface area contributed by atoms with Crippen LogP contribution in [0.4, 0.5) is 0 Å². The first kappa shape index (κ1) is 28.5. The van der Waals surface area contributed by atoms with Crippen LogP contribution in [0.25, 0.3) is 110 Å². The summed E-state index contributed by atoms with van der Waals surface area (Å²) in [5, 5.41) is 10.1. The second kappa shape index (κ2) is 10.6. The van der Waals surface area contributed by atoms with Crippen LogP contribution in [0.5, 0.6) is 0 Å². The average molecular weight is 677 g/mol. The van der Waals surface area contributed by atoms with E-state index in [1.807, 2.05) is 18.2 Å². The third-order valence-electron chi connectivity index (χ3n) is 10.9. The van der Waals surface area contributed by atoms with E-state index >= 15 is 0 Å². The highest BCUT2D eigenvalue weighted by Crippen LogP contribution is 2.46. The molecule has 4 aromatic heterocycles. The minimum atomic E-state index is 0.616. The van der Waals surface area contributed by atoms with E-state index < -0.39 is 0 Å². The second-order valence-corrected chi connectivity index (χ2v) is 13.7. The van der Waals surface area contributed by atoms with Crippen molar-refractivity contribution < 1.29 is 4.42 Å². The fourth-order valence-electron chi connectivity index (χ4n) is 8.67. The van der Waals surface area contributed by atoms with E-state index in [1.165, 1.54) is 21.5 Å². The first-order chi connectivity index (χ1) is 26.3. The maximum absolute atomic E-state index is 6.86. The molecule has 0 N–H and O–H groups in total. The molecule has 0 amide bonds. The van der Waals surface area contributed by atoms with Gasteiger partial charge in [-0.2, -0.15) is 0 Å². The van der Waals surface area contributed by atoms with Gasteiger partial charge in [0.2, 0.25) is 5.95 Å². The average Bonchev–Trinajstić information content (AvgIpc) is 3.88. The number of hydrogen-bond donors (Lipinski definition) is 0. The quantitative estimate of drug-likeness (QED) is 0.187. The molecule has 0 aliphatic rings. The molecule has 0 aliphatic carbocycles. The van der Waals surface area contributed by atoms with Crippen LogP contribution in [0.3, 0.4) is 0 Å². The normalized spacial score (nSPS) is 12.2. The molecule has 0 aliphatic heterocycles. The van der Waals surface area contributed by atoms with Crippen molar-refractivity contribution in [2.75, 3.05) is 0 Å². The van der Waals surface area contributed by atoms with Crippen LogP contribution >= 0.6 is 0 Å². The van der Waals surface area contributed by atoms with Gasteiger partial charge in [-0.3, -0.25) is 4.57 Å². The first-order valence-corrected chi connectivity index (χ1v) is 17.9. The Morgan fingerprint density at radius 2 is 1.09 bits per heavy atom. The van der Waals surface area contributed by atoms with Gasteiger partial charge in [-0.1, -0.05) is 127 Å². The number of benzene rings is 8. The van der Waals surface area contributed by atoms with Crippen molar-refractivity contribution in [1.29, 1.82) is 0 Å². The third kappa shape index (κ3) is 3.91. The van der Waals surface area contributed by atoms with Crippen molar-refractivity contribution in [2.45, 2.75) is 0 Å². The summed E-state index contributed by atoms with van der Waals surface area (Å²) < 4.78 is 11.6. The van der Waals surface area contributed by atoms with Crippen molar-refractivity contribution in [3.63, 3.8) is 0 Å². The summed E-state index contributed by atoms with van der Waals surface area (Å²) >= 11 is 0. The Bertz CT molecular complexity index is 3450. The van der Waals surface area contributed by atoms with Gasteiger partial charge in [-0.15, -0.1) is 0 Å². The molecule has 0 saturated carbocycles. The smallest absolute Gasteiger partial charge is 0.235 e. The monoisotopic (exact) mass is 676 g/mol. The Morgan fingerprint density at radius 1 is 0.415 bits per heavy atom. The van der Waals surface area contributed by atoms with Crippen LogP contribution in [0, 0.1) is 0 Å². The molecular formula is C48H28N4O. The fourth-order valence-corrected chi connectivity index (χ4v) is 8.67. The second-order valence-electron chi connectivity index (χ2n) is 13.7. The molecule has 12 aromatic rings. The lowest BCUT2D eigenvalue weighted by Gasteiger charge is -2.13. The molecule has 0 radical (unpaired) electrons. The molecular weight excluding hydrogens is 649 g/mol. The van der Waals surface area contributed by atoms with E-state index in [2.05, 4.69) is 161 Å². The highest BCUT2D eigenvalue weighted by atomic mass is 16.3. The zero-order chi connectivity index (χ0) is 34.6.